The van der Waals surface area contributed by atoms with Gasteiger partial charge in [0.15, 0.2) is 6.73 Å². The minimum Gasteiger partial charge on any atom is -0.545 e. The molecule has 0 aliphatic carbocycles. The molecule has 2 rings (SSSR count). The van der Waals surface area contributed by atoms with E-state index in [1.54, 1.807) is 18.2 Å². The lowest BCUT2D eigenvalue weighted by Crippen LogP contribution is -2.23. The Morgan fingerprint density at radius 2 is 2.00 bits per heavy atom. The Morgan fingerprint density at radius 3 is 2.74 bits per heavy atom. The Morgan fingerprint density at radius 1 is 1.21 bits per heavy atom. The van der Waals surface area contributed by atoms with E-state index in [9.17, 15) is 9.90 Å². The molecule has 0 amide bonds. The number of carbonyl (C=O) groups excluding carboxylic acids is 1. The topological polar surface area (TPSA) is 61.4 Å². The van der Waals surface area contributed by atoms with Crippen molar-refractivity contribution in [3.8, 4) is 5.75 Å². The molecule has 2 aromatic rings. The van der Waals surface area contributed by atoms with Gasteiger partial charge < -0.3 is 20.0 Å². The van der Waals surface area contributed by atoms with Crippen LogP contribution >= 0.6 is 0 Å². The third-order valence-corrected chi connectivity index (χ3v) is 2.63. The van der Waals surface area contributed by atoms with Crippen molar-refractivity contribution in [3.63, 3.8) is 0 Å². The first-order valence-electron chi connectivity index (χ1n) is 5.90. The highest BCUT2D eigenvalue weighted by atomic mass is 16.5. The van der Waals surface area contributed by atoms with Gasteiger partial charge in [-0.25, -0.2) is 0 Å². The van der Waals surface area contributed by atoms with Crippen molar-refractivity contribution in [3.05, 3.63) is 59.7 Å². The van der Waals surface area contributed by atoms with Gasteiger partial charge in [-0.1, -0.05) is 24.3 Å². The highest BCUT2D eigenvalue weighted by Crippen LogP contribution is 2.17. The van der Waals surface area contributed by atoms with Crippen LogP contribution < -0.4 is 15.2 Å². The van der Waals surface area contributed by atoms with Crippen molar-refractivity contribution in [1.29, 1.82) is 0 Å². The molecule has 0 aliphatic rings. The van der Waals surface area contributed by atoms with Gasteiger partial charge in [0.25, 0.3) is 0 Å². The summed E-state index contributed by atoms with van der Waals surface area (Å²) in [6.45, 7) is 2.19. The van der Waals surface area contributed by atoms with Gasteiger partial charge in [0, 0.05) is 11.3 Å². The first kappa shape index (κ1) is 13.0. The first-order valence-corrected chi connectivity index (χ1v) is 5.90. The molecule has 1 N–H and O–H groups in total. The molecule has 0 heterocycles. The molecule has 0 radical (unpaired) electrons. The minimum atomic E-state index is -1.24. The number of benzene rings is 2. The first-order chi connectivity index (χ1) is 9.16. The monoisotopic (exact) mass is 256 g/mol. The summed E-state index contributed by atoms with van der Waals surface area (Å²) in [6.07, 6.45) is 0. The van der Waals surface area contributed by atoms with E-state index in [0.29, 0.717) is 5.75 Å². The zero-order valence-corrected chi connectivity index (χ0v) is 10.6. The third kappa shape index (κ3) is 3.48. The van der Waals surface area contributed by atoms with Gasteiger partial charge in [-0.05, 0) is 36.8 Å². The Labute approximate surface area is 111 Å². The summed E-state index contributed by atoms with van der Waals surface area (Å²) in [5.41, 5.74) is 2.11. The fourth-order valence-corrected chi connectivity index (χ4v) is 1.71. The Kier molecular flexibility index (Phi) is 4.03. The van der Waals surface area contributed by atoms with Crippen molar-refractivity contribution >= 4 is 11.7 Å². The third-order valence-electron chi connectivity index (χ3n) is 2.63. The summed E-state index contributed by atoms with van der Waals surface area (Å²) in [4.78, 5) is 10.9. The van der Waals surface area contributed by atoms with Crippen LogP contribution in [0.4, 0.5) is 5.69 Å². The average Bonchev–Trinajstić information content (AvgIpc) is 2.39. The molecule has 19 heavy (non-hydrogen) atoms. The largest absolute Gasteiger partial charge is 0.545 e. The molecule has 0 spiro atoms. The molecule has 0 saturated carbocycles. The van der Waals surface area contributed by atoms with Crippen LogP contribution in [-0.4, -0.2) is 12.7 Å². The number of hydrogen-bond donors (Lipinski definition) is 1. The molecular formula is C15H14NO3-. The van der Waals surface area contributed by atoms with E-state index in [4.69, 9.17) is 4.74 Å². The van der Waals surface area contributed by atoms with Gasteiger partial charge in [0.1, 0.15) is 5.75 Å². The Balaban J connectivity index is 1.98. The number of rotatable bonds is 5. The van der Waals surface area contributed by atoms with Gasteiger partial charge in [0.05, 0.1) is 5.97 Å². The second kappa shape index (κ2) is 5.91. The molecule has 0 unspecified atom stereocenters. The number of nitrogens with one attached hydrogen (secondary N) is 1. The van der Waals surface area contributed by atoms with Crippen LogP contribution in [-0.2, 0) is 0 Å². The maximum atomic E-state index is 10.9. The molecule has 4 heteroatoms. The molecule has 0 aliphatic heterocycles. The number of anilines is 1. The number of carboxylic acids is 1. The Bertz CT molecular complexity index is 581. The van der Waals surface area contributed by atoms with Crippen LogP contribution in [0, 0.1) is 6.92 Å². The van der Waals surface area contributed by atoms with Gasteiger partial charge in [-0.3, -0.25) is 0 Å². The second-order valence-corrected chi connectivity index (χ2v) is 4.12. The van der Waals surface area contributed by atoms with E-state index in [-0.39, 0.29) is 12.3 Å². The average molecular weight is 256 g/mol. The highest BCUT2D eigenvalue weighted by molar-refractivity contribution is 5.89. The number of aromatic carboxylic acids is 1. The summed E-state index contributed by atoms with van der Waals surface area (Å²) >= 11 is 0. The number of carboxylic acid groups (broad SMARTS) is 1. The van der Waals surface area contributed by atoms with Crippen LogP contribution in [0.25, 0.3) is 0 Å². The normalized spacial score (nSPS) is 9.95. The molecule has 4 nitrogen and oxygen atoms in total. The molecule has 2 aromatic carbocycles. The summed E-state index contributed by atoms with van der Waals surface area (Å²) in [5.74, 6) is -0.950. The van der Waals surface area contributed by atoms with Crippen molar-refractivity contribution in [2.75, 3.05) is 12.0 Å². The van der Waals surface area contributed by atoms with Gasteiger partial charge in [-0.15, -0.1) is 0 Å². The molecule has 0 saturated heterocycles. The molecule has 98 valence electrons. The number of carbonyl (C=O) groups is 1. The van der Waals surface area contributed by atoms with E-state index in [1.807, 2.05) is 31.2 Å². The lowest BCUT2D eigenvalue weighted by atomic mass is 10.2. The van der Waals surface area contributed by atoms with Crippen molar-refractivity contribution in [2.24, 2.45) is 0 Å². The van der Waals surface area contributed by atoms with Crippen molar-refractivity contribution in [2.45, 2.75) is 6.92 Å². The van der Waals surface area contributed by atoms with E-state index in [1.165, 1.54) is 6.07 Å². The van der Waals surface area contributed by atoms with Crippen LogP contribution in [0.1, 0.15) is 15.9 Å². The highest BCUT2D eigenvalue weighted by Gasteiger charge is 2.03. The van der Waals surface area contributed by atoms with E-state index in [2.05, 4.69) is 5.32 Å². The zero-order chi connectivity index (χ0) is 13.7. The number of hydrogen-bond acceptors (Lipinski definition) is 4. The molecule has 0 aromatic heterocycles. The fourth-order valence-electron chi connectivity index (χ4n) is 1.71. The van der Waals surface area contributed by atoms with E-state index in [0.717, 1.165) is 11.3 Å². The summed E-state index contributed by atoms with van der Waals surface area (Å²) in [5, 5.41) is 14.0. The summed E-state index contributed by atoms with van der Waals surface area (Å²) in [6, 6.07) is 14.2. The number of aryl methyl sites for hydroxylation is 1. The summed E-state index contributed by atoms with van der Waals surface area (Å²) < 4.78 is 5.41. The standard InChI is InChI=1S/C15H15NO3/c1-11-5-4-6-12(9-11)16-10-19-14-8-3-2-7-13(14)15(17)18/h2-9,16H,10H2,1H3,(H,17,18)/p-1. The SMILES string of the molecule is Cc1cccc(NCOc2ccccc2C(=O)[O-])c1. The van der Waals surface area contributed by atoms with E-state index >= 15 is 0 Å². The smallest absolute Gasteiger partial charge is 0.159 e. The van der Waals surface area contributed by atoms with Crippen molar-refractivity contribution < 1.29 is 14.6 Å². The van der Waals surface area contributed by atoms with E-state index < -0.39 is 5.97 Å². The summed E-state index contributed by atoms with van der Waals surface area (Å²) in [7, 11) is 0. The second-order valence-electron chi connectivity index (χ2n) is 4.12. The minimum absolute atomic E-state index is 0.0496. The van der Waals surface area contributed by atoms with Gasteiger partial charge in [0.2, 0.25) is 0 Å². The fraction of sp³-hybridized carbons (Fsp3) is 0.133. The number of para-hydroxylation sites is 1. The molecule has 0 fully saturated rings. The number of ether oxygens (including phenoxy) is 1. The Hall–Kier alpha value is -2.49. The lowest BCUT2D eigenvalue weighted by molar-refractivity contribution is -0.255. The predicted molar refractivity (Wildman–Crippen MR) is 71.1 cm³/mol. The van der Waals surface area contributed by atoms with Gasteiger partial charge in [-0.2, -0.15) is 0 Å². The van der Waals surface area contributed by atoms with Crippen LogP contribution in [0.3, 0.4) is 0 Å². The maximum Gasteiger partial charge on any atom is 0.159 e. The van der Waals surface area contributed by atoms with Gasteiger partial charge >= 0.3 is 0 Å². The maximum absolute atomic E-state index is 10.9. The van der Waals surface area contributed by atoms with Crippen LogP contribution in [0.15, 0.2) is 48.5 Å². The molecular weight excluding hydrogens is 242 g/mol. The molecule has 0 atom stereocenters. The van der Waals surface area contributed by atoms with Crippen LogP contribution in [0.2, 0.25) is 0 Å². The van der Waals surface area contributed by atoms with Crippen molar-refractivity contribution in [1.82, 2.24) is 0 Å². The lowest BCUT2D eigenvalue weighted by Gasteiger charge is -2.13. The predicted octanol–water partition coefficient (Wildman–Crippen LogP) is 1.81. The van der Waals surface area contributed by atoms with Crippen LogP contribution in [0.5, 0.6) is 5.75 Å². The quantitative estimate of drug-likeness (QED) is 0.829. The molecule has 0 bridgehead atoms. The zero-order valence-electron chi connectivity index (χ0n) is 10.6.